The van der Waals surface area contributed by atoms with Gasteiger partial charge in [-0.2, -0.15) is 0 Å². The first-order valence-electron chi connectivity index (χ1n) is 7.97. The average molecular weight is 325 g/mol. The Balaban J connectivity index is 1.62. The zero-order chi connectivity index (χ0) is 16.9. The van der Waals surface area contributed by atoms with Gasteiger partial charge in [-0.25, -0.2) is 4.79 Å². The van der Waals surface area contributed by atoms with Crippen LogP contribution in [0.5, 0.6) is 5.75 Å². The molecule has 24 heavy (non-hydrogen) atoms. The van der Waals surface area contributed by atoms with Gasteiger partial charge in [-0.3, -0.25) is 4.79 Å². The van der Waals surface area contributed by atoms with Crippen LogP contribution in [0.3, 0.4) is 0 Å². The number of nitrogens with one attached hydrogen (secondary N) is 1. The summed E-state index contributed by atoms with van der Waals surface area (Å²) in [4.78, 5) is 23.3. The second kappa shape index (κ2) is 7.17. The van der Waals surface area contributed by atoms with Gasteiger partial charge in [-0.05, 0) is 42.5 Å². The lowest BCUT2D eigenvalue weighted by Gasteiger charge is -2.26. The highest BCUT2D eigenvalue weighted by atomic mass is 16.5. The number of carbonyl (C=O) groups is 2. The molecule has 2 aromatic carbocycles. The smallest absolute Gasteiger partial charge is 0.339 e. The van der Waals surface area contributed by atoms with Gasteiger partial charge in [0.1, 0.15) is 11.3 Å². The molecule has 0 saturated heterocycles. The summed E-state index contributed by atoms with van der Waals surface area (Å²) in [6.45, 7) is -0.205. The van der Waals surface area contributed by atoms with Crippen LogP contribution in [0.1, 0.15) is 40.4 Å². The van der Waals surface area contributed by atoms with Crippen molar-refractivity contribution in [2.45, 2.75) is 25.3 Å². The first kappa shape index (κ1) is 16.1. The van der Waals surface area contributed by atoms with Crippen molar-refractivity contribution in [1.82, 2.24) is 5.32 Å². The number of carboxylic acid groups (broad SMARTS) is 1. The molecule has 0 unspecified atom stereocenters. The van der Waals surface area contributed by atoms with Crippen molar-refractivity contribution in [3.05, 3.63) is 65.2 Å². The molecule has 1 aliphatic rings. The number of aryl methyl sites for hydroxylation is 1. The fourth-order valence-electron chi connectivity index (χ4n) is 3.05. The van der Waals surface area contributed by atoms with Crippen molar-refractivity contribution in [2.75, 3.05) is 6.61 Å². The van der Waals surface area contributed by atoms with E-state index in [-0.39, 0.29) is 29.9 Å². The minimum atomic E-state index is -1.08. The molecule has 0 aromatic heterocycles. The number of benzene rings is 2. The van der Waals surface area contributed by atoms with Gasteiger partial charge < -0.3 is 15.2 Å². The highest BCUT2D eigenvalue weighted by Gasteiger charge is 2.21. The number of carbonyl (C=O) groups excluding carboxylic acids is 1. The number of hydrogen-bond acceptors (Lipinski definition) is 3. The fourth-order valence-corrected chi connectivity index (χ4v) is 3.05. The first-order valence-corrected chi connectivity index (χ1v) is 7.97. The van der Waals surface area contributed by atoms with Crippen LogP contribution in [0.25, 0.3) is 0 Å². The molecule has 5 heteroatoms. The van der Waals surface area contributed by atoms with Crippen molar-refractivity contribution in [3.63, 3.8) is 0 Å². The van der Waals surface area contributed by atoms with Crippen LogP contribution in [0.2, 0.25) is 0 Å². The maximum absolute atomic E-state index is 12.2. The lowest BCUT2D eigenvalue weighted by molar-refractivity contribution is -0.124. The molecule has 5 nitrogen and oxygen atoms in total. The average Bonchev–Trinajstić information content (AvgIpc) is 2.60. The number of hydrogen-bond donors (Lipinski definition) is 2. The Morgan fingerprint density at radius 2 is 1.88 bits per heavy atom. The summed E-state index contributed by atoms with van der Waals surface area (Å²) in [7, 11) is 0. The highest BCUT2D eigenvalue weighted by molar-refractivity contribution is 5.91. The Morgan fingerprint density at radius 1 is 1.12 bits per heavy atom. The molecule has 0 spiro atoms. The van der Waals surface area contributed by atoms with E-state index in [1.165, 1.54) is 11.6 Å². The zero-order valence-corrected chi connectivity index (χ0v) is 13.2. The van der Waals surface area contributed by atoms with E-state index >= 15 is 0 Å². The zero-order valence-electron chi connectivity index (χ0n) is 13.2. The second-order valence-corrected chi connectivity index (χ2v) is 5.80. The third kappa shape index (κ3) is 3.56. The summed E-state index contributed by atoms with van der Waals surface area (Å²) in [5, 5.41) is 12.1. The molecule has 1 amide bonds. The molecule has 124 valence electrons. The molecular formula is C19H19NO4. The van der Waals surface area contributed by atoms with Crippen LogP contribution in [0.4, 0.5) is 0 Å². The van der Waals surface area contributed by atoms with Gasteiger partial charge in [0, 0.05) is 0 Å². The molecular weight excluding hydrogens is 306 g/mol. The number of aromatic carboxylic acids is 1. The Kier molecular flexibility index (Phi) is 4.79. The van der Waals surface area contributed by atoms with Gasteiger partial charge in [-0.15, -0.1) is 0 Å². The minimum absolute atomic E-state index is 0.0132. The molecule has 2 N–H and O–H groups in total. The lowest BCUT2D eigenvalue weighted by atomic mass is 9.88. The summed E-state index contributed by atoms with van der Waals surface area (Å²) >= 11 is 0. The maximum atomic E-state index is 12.2. The third-order valence-electron chi connectivity index (χ3n) is 4.18. The van der Waals surface area contributed by atoms with E-state index in [2.05, 4.69) is 11.4 Å². The summed E-state index contributed by atoms with van der Waals surface area (Å²) in [5.41, 5.74) is 2.47. The second-order valence-electron chi connectivity index (χ2n) is 5.80. The van der Waals surface area contributed by atoms with Gasteiger partial charge in [0.15, 0.2) is 6.61 Å². The van der Waals surface area contributed by atoms with Crippen LogP contribution in [-0.2, 0) is 11.2 Å². The molecule has 0 fully saturated rings. The van der Waals surface area contributed by atoms with Crippen LogP contribution in [-0.4, -0.2) is 23.6 Å². The SMILES string of the molecule is O=C(COc1ccccc1C(=O)O)N[C@H]1CCCc2ccccc21. The van der Waals surface area contributed by atoms with Crippen molar-refractivity contribution < 1.29 is 19.4 Å². The van der Waals surface area contributed by atoms with Crippen LogP contribution in [0, 0.1) is 0 Å². The van der Waals surface area contributed by atoms with E-state index in [0.717, 1.165) is 24.8 Å². The molecule has 1 aliphatic carbocycles. The van der Waals surface area contributed by atoms with E-state index in [1.807, 2.05) is 18.2 Å². The Labute approximate surface area is 140 Å². The molecule has 1 atom stereocenters. The summed E-state index contributed by atoms with van der Waals surface area (Å²) in [5.74, 6) is -1.13. The fraction of sp³-hybridized carbons (Fsp3) is 0.263. The van der Waals surface area contributed by atoms with E-state index in [9.17, 15) is 9.59 Å². The standard InChI is InChI=1S/C19H19NO4/c21-18(12-24-17-11-4-3-9-15(17)19(22)23)20-16-10-5-7-13-6-1-2-8-14(13)16/h1-4,6,8-9,11,16H,5,7,10,12H2,(H,20,21)(H,22,23)/t16-/m0/s1. The van der Waals surface area contributed by atoms with Crippen molar-refractivity contribution >= 4 is 11.9 Å². The molecule has 0 aliphatic heterocycles. The highest BCUT2D eigenvalue weighted by Crippen LogP contribution is 2.29. The topological polar surface area (TPSA) is 75.6 Å². The first-order chi connectivity index (χ1) is 11.6. The number of ether oxygens (including phenoxy) is 1. The van der Waals surface area contributed by atoms with Gasteiger partial charge >= 0.3 is 5.97 Å². The maximum Gasteiger partial charge on any atom is 0.339 e. The Bertz CT molecular complexity index is 757. The molecule has 0 radical (unpaired) electrons. The van der Waals surface area contributed by atoms with E-state index in [4.69, 9.17) is 9.84 Å². The molecule has 0 heterocycles. The van der Waals surface area contributed by atoms with Gasteiger partial charge in [0.25, 0.3) is 5.91 Å². The largest absolute Gasteiger partial charge is 0.483 e. The predicted molar refractivity (Wildman–Crippen MR) is 89.2 cm³/mol. The van der Waals surface area contributed by atoms with E-state index in [0.29, 0.717) is 0 Å². The number of amides is 1. The van der Waals surface area contributed by atoms with Crippen molar-refractivity contribution in [3.8, 4) is 5.75 Å². The molecule has 2 aromatic rings. The Morgan fingerprint density at radius 3 is 2.71 bits per heavy atom. The summed E-state index contributed by atoms with van der Waals surface area (Å²) in [6.07, 6.45) is 2.96. The lowest BCUT2D eigenvalue weighted by Crippen LogP contribution is -2.34. The number of para-hydroxylation sites is 1. The van der Waals surface area contributed by atoms with Gasteiger partial charge in [-0.1, -0.05) is 36.4 Å². The predicted octanol–water partition coefficient (Wildman–Crippen LogP) is 2.96. The van der Waals surface area contributed by atoms with Crippen molar-refractivity contribution in [2.24, 2.45) is 0 Å². The van der Waals surface area contributed by atoms with Crippen LogP contribution >= 0.6 is 0 Å². The monoisotopic (exact) mass is 325 g/mol. The van der Waals surface area contributed by atoms with Crippen molar-refractivity contribution in [1.29, 1.82) is 0 Å². The van der Waals surface area contributed by atoms with E-state index in [1.54, 1.807) is 18.2 Å². The molecule has 0 bridgehead atoms. The quantitative estimate of drug-likeness (QED) is 0.886. The van der Waals surface area contributed by atoms with Gasteiger partial charge in [0.2, 0.25) is 0 Å². The third-order valence-corrected chi connectivity index (χ3v) is 4.18. The summed E-state index contributed by atoms with van der Waals surface area (Å²) < 4.78 is 5.40. The number of fused-ring (bicyclic) bond motifs is 1. The van der Waals surface area contributed by atoms with E-state index < -0.39 is 5.97 Å². The molecule has 3 rings (SSSR count). The normalized spacial score (nSPS) is 16.1. The summed E-state index contributed by atoms with van der Waals surface area (Å²) in [6, 6.07) is 14.4. The number of carboxylic acids is 1. The Hall–Kier alpha value is -2.82. The number of rotatable bonds is 5. The van der Waals surface area contributed by atoms with Gasteiger partial charge in [0.05, 0.1) is 6.04 Å². The van der Waals surface area contributed by atoms with Crippen LogP contribution in [0.15, 0.2) is 48.5 Å². The molecule has 0 saturated carbocycles. The minimum Gasteiger partial charge on any atom is -0.483 e. The van der Waals surface area contributed by atoms with Crippen LogP contribution < -0.4 is 10.1 Å².